The van der Waals surface area contributed by atoms with Crippen LogP contribution in [0, 0.1) is 0 Å². The highest BCUT2D eigenvalue weighted by molar-refractivity contribution is 5.65. The van der Waals surface area contributed by atoms with Gasteiger partial charge < -0.3 is 20.4 Å². The number of aldehydes is 1. The Morgan fingerprint density at radius 2 is 1.81 bits per heavy atom. The summed E-state index contributed by atoms with van der Waals surface area (Å²) in [5.74, 6) is 0. The summed E-state index contributed by atoms with van der Waals surface area (Å²) in [6, 6.07) is 0. The summed E-state index contributed by atoms with van der Waals surface area (Å²) < 4.78 is 4.58. The van der Waals surface area contributed by atoms with Gasteiger partial charge in [-0.1, -0.05) is 6.08 Å². The molecule has 0 saturated heterocycles. The molecule has 0 aliphatic rings. The first-order chi connectivity index (χ1) is 7.33. The van der Waals surface area contributed by atoms with Crippen molar-refractivity contribution in [3.63, 3.8) is 0 Å². The Labute approximate surface area is 97.3 Å². The summed E-state index contributed by atoms with van der Waals surface area (Å²) in [5, 5.41) is 7.00. The summed E-state index contributed by atoms with van der Waals surface area (Å²) in [6.45, 7) is 8.72. The maximum atomic E-state index is 10.0. The van der Waals surface area contributed by atoms with E-state index in [0.29, 0.717) is 6.42 Å². The second-order valence-electron chi connectivity index (χ2n) is 3.57. The van der Waals surface area contributed by atoms with E-state index < -0.39 is 11.7 Å². The molecule has 0 aromatic heterocycles. The summed E-state index contributed by atoms with van der Waals surface area (Å²) in [5.41, 5.74) is 4.26. The minimum atomic E-state index is -0.725. The molecule has 5 heteroatoms. The van der Waals surface area contributed by atoms with Crippen LogP contribution in [0.1, 0.15) is 33.6 Å². The predicted molar refractivity (Wildman–Crippen MR) is 64.1 cm³/mol. The van der Waals surface area contributed by atoms with Gasteiger partial charge in [-0.3, -0.25) is 0 Å². The number of hydrogen-bond donors (Lipinski definition) is 2. The fraction of sp³-hybridized carbons (Fsp3) is 0.636. The molecular weight excluding hydrogens is 210 g/mol. The van der Waals surface area contributed by atoms with Gasteiger partial charge in [-0.05, 0) is 27.2 Å². The molecule has 0 radical (unpaired) electrons. The molecule has 96 valence electrons. The summed E-state index contributed by atoms with van der Waals surface area (Å²) in [4.78, 5) is 19.5. The van der Waals surface area contributed by atoms with E-state index in [-0.39, 0.29) is 0 Å². The van der Waals surface area contributed by atoms with E-state index in [4.69, 9.17) is 10.8 Å². The highest BCUT2D eigenvalue weighted by Crippen LogP contribution is 2.04. The predicted octanol–water partition coefficient (Wildman–Crippen LogP) is 1.64. The molecule has 1 amide bonds. The van der Waals surface area contributed by atoms with Gasteiger partial charge in [0.15, 0.2) is 0 Å². The van der Waals surface area contributed by atoms with Gasteiger partial charge in [-0.15, -0.1) is 6.58 Å². The lowest BCUT2D eigenvalue weighted by Gasteiger charge is -2.16. The lowest BCUT2D eigenvalue weighted by molar-refractivity contribution is -0.107. The van der Waals surface area contributed by atoms with Gasteiger partial charge in [0.1, 0.15) is 11.9 Å². The average molecular weight is 233 g/mol. The van der Waals surface area contributed by atoms with Crippen molar-refractivity contribution in [3.05, 3.63) is 12.7 Å². The fourth-order valence-corrected chi connectivity index (χ4v) is 0.488. The number of carbonyl (C=O) groups is 2. The first-order valence-corrected chi connectivity index (χ1v) is 4.81. The minimum Gasteiger partial charge on any atom is -0.444 e. The topological polar surface area (TPSA) is 89.6 Å². The molecule has 0 aliphatic heterocycles. The largest absolute Gasteiger partial charge is 0.444 e. The van der Waals surface area contributed by atoms with Gasteiger partial charge >= 0.3 is 6.09 Å². The minimum absolute atomic E-state index is 0.453. The molecule has 0 bridgehead atoms. The van der Waals surface area contributed by atoms with Crippen LogP contribution in [0.15, 0.2) is 12.7 Å². The van der Waals surface area contributed by atoms with Crippen LogP contribution in [-0.4, -0.2) is 30.2 Å². The Hall–Kier alpha value is -1.36. The van der Waals surface area contributed by atoms with Crippen LogP contribution < -0.4 is 5.73 Å². The molecule has 0 fully saturated rings. The van der Waals surface area contributed by atoms with Crippen LogP contribution in [0.3, 0.4) is 0 Å². The molecule has 0 rings (SSSR count). The van der Waals surface area contributed by atoms with Crippen molar-refractivity contribution in [2.24, 2.45) is 5.73 Å². The Morgan fingerprint density at radius 3 is 1.88 bits per heavy atom. The van der Waals surface area contributed by atoms with Crippen molar-refractivity contribution < 1.29 is 19.4 Å². The molecule has 0 aliphatic carbocycles. The third kappa shape index (κ3) is 38.8. The molecule has 0 spiro atoms. The van der Waals surface area contributed by atoms with E-state index in [1.54, 1.807) is 26.8 Å². The SMILES string of the molecule is C=CCCC=O.CC(C)(C)OC(N)=O.CO. The second kappa shape index (κ2) is 13.6. The molecule has 5 nitrogen and oxygen atoms in total. The van der Waals surface area contributed by atoms with Crippen molar-refractivity contribution in [1.29, 1.82) is 0 Å². The van der Waals surface area contributed by atoms with E-state index in [1.165, 1.54) is 0 Å². The number of nitrogens with two attached hydrogens (primary N) is 1. The van der Waals surface area contributed by atoms with E-state index >= 15 is 0 Å². The van der Waals surface area contributed by atoms with Gasteiger partial charge in [0.05, 0.1) is 0 Å². The highest BCUT2D eigenvalue weighted by Gasteiger charge is 2.12. The molecule has 3 N–H and O–H groups in total. The normalized spacial score (nSPS) is 8.56. The number of primary amides is 1. The maximum Gasteiger partial charge on any atom is 0.405 e. The lowest BCUT2D eigenvalue weighted by atomic mass is 10.2. The Morgan fingerprint density at radius 1 is 1.38 bits per heavy atom. The van der Waals surface area contributed by atoms with E-state index in [0.717, 1.165) is 19.8 Å². The van der Waals surface area contributed by atoms with Gasteiger partial charge in [-0.25, -0.2) is 4.79 Å². The number of allylic oxidation sites excluding steroid dienone is 1. The number of ether oxygens (including phenoxy) is 1. The summed E-state index contributed by atoms with van der Waals surface area (Å²) in [6.07, 6.45) is 3.32. The average Bonchev–Trinajstić information content (AvgIpc) is 2.15. The number of aliphatic hydroxyl groups excluding tert-OH is 1. The summed E-state index contributed by atoms with van der Waals surface area (Å²) in [7, 11) is 1.00. The first-order valence-electron chi connectivity index (χ1n) is 4.81. The van der Waals surface area contributed by atoms with Crippen LogP contribution in [0.2, 0.25) is 0 Å². The fourth-order valence-electron chi connectivity index (χ4n) is 0.488. The quantitative estimate of drug-likeness (QED) is 0.440. The van der Waals surface area contributed by atoms with Crippen LogP contribution in [-0.2, 0) is 9.53 Å². The molecule has 0 aromatic rings. The molecule has 0 atom stereocenters. The van der Waals surface area contributed by atoms with Crippen molar-refractivity contribution in [1.82, 2.24) is 0 Å². The van der Waals surface area contributed by atoms with Gasteiger partial charge in [0.25, 0.3) is 0 Å². The van der Waals surface area contributed by atoms with Crippen LogP contribution >= 0.6 is 0 Å². The van der Waals surface area contributed by atoms with Crippen molar-refractivity contribution in [2.75, 3.05) is 7.11 Å². The molecule has 16 heavy (non-hydrogen) atoms. The zero-order chi connectivity index (χ0) is 13.6. The Bertz CT molecular complexity index is 177. The molecule has 0 unspecified atom stereocenters. The number of hydrogen-bond acceptors (Lipinski definition) is 4. The van der Waals surface area contributed by atoms with Gasteiger partial charge in [0, 0.05) is 13.5 Å². The number of amides is 1. The number of rotatable bonds is 3. The third-order valence-corrected chi connectivity index (χ3v) is 0.895. The van der Waals surface area contributed by atoms with Crippen LogP contribution in [0.4, 0.5) is 4.79 Å². The second-order valence-corrected chi connectivity index (χ2v) is 3.57. The zero-order valence-electron chi connectivity index (χ0n) is 10.5. The summed E-state index contributed by atoms with van der Waals surface area (Å²) >= 11 is 0. The monoisotopic (exact) mass is 233 g/mol. The highest BCUT2D eigenvalue weighted by atomic mass is 16.6. The molecular formula is C11H23NO4. The molecule has 0 aromatic carbocycles. The van der Waals surface area contributed by atoms with E-state index in [2.05, 4.69) is 11.3 Å². The smallest absolute Gasteiger partial charge is 0.405 e. The Balaban J connectivity index is -0.000000188. The standard InChI is InChI=1S/C5H11NO2.C5H8O.CH4O/c1-5(2,3)8-4(6)7;1-2-3-4-5-6;1-2/h1-3H3,(H2,6,7);2,5H,1,3-4H2;2H,1H3. The lowest BCUT2D eigenvalue weighted by Crippen LogP contribution is -2.27. The van der Waals surface area contributed by atoms with Crippen LogP contribution in [0.25, 0.3) is 0 Å². The van der Waals surface area contributed by atoms with Crippen molar-refractivity contribution in [3.8, 4) is 0 Å². The van der Waals surface area contributed by atoms with E-state index in [1.807, 2.05) is 0 Å². The number of unbranched alkanes of at least 4 members (excludes halogenated alkanes) is 1. The first kappa shape index (κ1) is 20.1. The Kier molecular flexibility index (Phi) is 17.1. The van der Waals surface area contributed by atoms with Crippen molar-refractivity contribution >= 4 is 12.4 Å². The maximum absolute atomic E-state index is 10.0. The van der Waals surface area contributed by atoms with Gasteiger partial charge in [-0.2, -0.15) is 0 Å². The third-order valence-electron chi connectivity index (χ3n) is 0.895. The molecule has 0 saturated carbocycles. The zero-order valence-corrected chi connectivity index (χ0v) is 10.5. The molecule has 0 heterocycles. The van der Waals surface area contributed by atoms with Crippen LogP contribution in [0.5, 0.6) is 0 Å². The number of aliphatic hydroxyl groups is 1. The number of carbonyl (C=O) groups excluding carboxylic acids is 2. The van der Waals surface area contributed by atoms with E-state index in [9.17, 15) is 9.59 Å². The van der Waals surface area contributed by atoms with Gasteiger partial charge in [0.2, 0.25) is 0 Å². The van der Waals surface area contributed by atoms with Crippen molar-refractivity contribution in [2.45, 2.75) is 39.2 Å².